The molecule has 0 spiro atoms. The summed E-state index contributed by atoms with van der Waals surface area (Å²) in [5.74, 6) is 1.26. The summed E-state index contributed by atoms with van der Waals surface area (Å²) < 4.78 is 6.59. The molecule has 1 N–H and O–H groups in total. The number of ether oxygens (including phenoxy) is 1. The average molecular weight is 396 g/mol. The van der Waals surface area contributed by atoms with Gasteiger partial charge < -0.3 is 10.1 Å². The van der Waals surface area contributed by atoms with Gasteiger partial charge in [-0.05, 0) is 37.6 Å². The van der Waals surface area contributed by atoms with Crippen LogP contribution in [0.2, 0.25) is 0 Å². The molecular weight excluding hydrogens is 370 g/mol. The number of nitrogens with one attached hydrogen (secondary N) is 1. The van der Waals surface area contributed by atoms with Crippen molar-refractivity contribution in [2.24, 2.45) is 0 Å². The van der Waals surface area contributed by atoms with Crippen LogP contribution in [0, 0.1) is 0 Å². The first-order chi connectivity index (χ1) is 13.7. The maximum Gasteiger partial charge on any atom is 0.234 e. The van der Waals surface area contributed by atoms with Crippen molar-refractivity contribution in [1.29, 1.82) is 0 Å². The van der Waals surface area contributed by atoms with E-state index < -0.39 is 0 Å². The van der Waals surface area contributed by atoms with Crippen molar-refractivity contribution >= 4 is 27.5 Å². The number of para-hydroxylation sites is 2. The third-order valence-electron chi connectivity index (χ3n) is 5.20. The monoisotopic (exact) mass is 395 g/mol. The second kappa shape index (κ2) is 8.71. The van der Waals surface area contributed by atoms with Crippen LogP contribution < -0.4 is 10.1 Å². The Kier molecular flexibility index (Phi) is 5.88. The lowest BCUT2D eigenvalue weighted by Gasteiger charge is -2.31. The van der Waals surface area contributed by atoms with Gasteiger partial charge in [0.05, 0.1) is 28.9 Å². The molecule has 1 aliphatic heterocycles. The van der Waals surface area contributed by atoms with Crippen molar-refractivity contribution in [2.75, 3.05) is 26.7 Å². The maximum atomic E-state index is 12.5. The number of fused-ring (bicyclic) bond motifs is 1. The number of aromatic nitrogens is 1. The average Bonchev–Trinajstić information content (AvgIpc) is 3.17. The van der Waals surface area contributed by atoms with Gasteiger partial charge in [-0.1, -0.05) is 30.3 Å². The van der Waals surface area contributed by atoms with Crippen LogP contribution in [-0.4, -0.2) is 42.5 Å². The Labute approximate surface area is 169 Å². The SMILES string of the molecule is COc1ccccc1CNC(=O)CN1CCC[C@H](c2nc3ccccc3s2)C1. The zero-order chi connectivity index (χ0) is 19.3. The van der Waals surface area contributed by atoms with Gasteiger partial charge in [0.2, 0.25) is 5.91 Å². The number of likely N-dealkylation sites (tertiary alicyclic amines) is 1. The minimum absolute atomic E-state index is 0.0517. The Hall–Kier alpha value is -2.44. The summed E-state index contributed by atoms with van der Waals surface area (Å²) in [4.78, 5) is 19.5. The van der Waals surface area contributed by atoms with Crippen LogP contribution in [0.1, 0.15) is 29.3 Å². The topological polar surface area (TPSA) is 54.5 Å². The smallest absolute Gasteiger partial charge is 0.234 e. The van der Waals surface area contributed by atoms with Gasteiger partial charge >= 0.3 is 0 Å². The van der Waals surface area contributed by atoms with Crippen molar-refractivity contribution in [2.45, 2.75) is 25.3 Å². The molecule has 1 amide bonds. The molecule has 1 aromatic heterocycles. The van der Waals surface area contributed by atoms with E-state index in [1.54, 1.807) is 18.4 Å². The number of methoxy groups -OCH3 is 1. The number of thiazole rings is 1. The molecule has 3 aromatic rings. The summed E-state index contributed by atoms with van der Waals surface area (Å²) in [6.45, 7) is 2.76. The molecule has 146 valence electrons. The first-order valence-electron chi connectivity index (χ1n) is 9.69. The number of rotatable bonds is 6. The van der Waals surface area contributed by atoms with Crippen LogP contribution in [0.5, 0.6) is 5.75 Å². The van der Waals surface area contributed by atoms with E-state index in [0.29, 0.717) is 19.0 Å². The molecule has 0 bridgehead atoms. The zero-order valence-corrected chi connectivity index (χ0v) is 16.9. The van der Waals surface area contributed by atoms with Crippen molar-refractivity contribution in [3.63, 3.8) is 0 Å². The Morgan fingerprint density at radius 2 is 2.07 bits per heavy atom. The maximum absolute atomic E-state index is 12.5. The van der Waals surface area contributed by atoms with Crippen molar-refractivity contribution in [3.8, 4) is 5.75 Å². The molecule has 0 saturated carbocycles. The Bertz CT molecular complexity index is 923. The van der Waals surface area contributed by atoms with Gasteiger partial charge in [-0.3, -0.25) is 9.69 Å². The number of hydrogen-bond donors (Lipinski definition) is 1. The fourth-order valence-electron chi connectivity index (χ4n) is 3.77. The normalized spacial score (nSPS) is 17.5. The highest BCUT2D eigenvalue weighted by Gasteiger charge is 2.25. The van der Waals surface area contributed by atoms with E-state index in [4.69, 9.17) is 9.72 Å². The van der Waals surface area contributed by atoms with Gasteiger partial charge in [0.1, 0.15) is 5.75 Å². The molecule has 1 aliphatic rings. The van der Waals surface area contributed by atoms with Crippen LogP contribution in [0.4, 0.5) is 0 Å². The van der Waals surface area contributed by atoms with Crippen molar-refractivity contribution in [3.05, 3.63) is 59.1 Å². The molecule has 2 aromatic carbocycles. The second-order valence-electron chi connectivity index (χ2n) is 7.18. The quantitative estimate of drug-likeness (QED) is 0.690. The van der Waals surface area contributed by atoms with E-state index in [0.717, 1.165) is 42.8 Å². The van der Waals surface area contributed by atoms with Crippen molar-refractivity contribution < 1.29 is 9.53 Å². The molecule has 4 rings (SSSR count). The largest absolute Gasteiger partial charge is 0.496 e. The van der Waals surface area contributed by atoms with Crippen LogP contribution >= 0.6 is 11.3 Å². The Morgan fingerprint density at radius 3 is 2.93 bits per heavy atom. The fourth-order valence-corrected chi connectivity index (χ4v) is 4.86. The first-order valence-corrected chi connectivity index (χ1v) is 10.5. The van der Waals surface area contributed by atoms with Crippen LogP contribution in [0.15, 0.2) is 48.5 Å². The van der Waals surface area contributed by atoms with E-state index >= 15 is 0 Å². The van der Waals surface area contributed by atoms with Gasteiger partial charge in [0.15, 0.2) is 0 Å². The molecule has 6 heteroatoms. The molecule has 28 heavy (non-hydrogen) atoms. The number of carbonyl (C=O) groups is 1. The molecule has 1 fully saturated rings. The number of piperidine rings is 1. The first kappa shape index (κ1) is 18.9. The molecule has 0 aliphatic carbocycles. The third kappa shape index (κ3) is 4.34. The van der Waals surface area contributed by atoms with E-state index in [-0.39, 0.29) is 5.91 Å². The summed E-state index contributed by atoms with van der Waals surface area (Å²) in [6, 6.07) is 16.1. The molecule has 0 unspecified atom stereocenters. The lowest BCUT2D eigenvalue weighted by molar-refractivity contribution is -0.122. The number of amides is 1. The van der Waals surface area contributed by atoms with Gasteiger partial charge in [-0.15, -0.1) is 11.3 Å². The lowest BCUT2D eigenvalue weighted by Crippen LogP contribution is -2.41. The standard InChI is InChI=1S/C22H25N3O2S/c1-27-19-10-4-2-7-16(19)13-23-21(26)15-25-12-6-8-17(14-25)22-24-18-9-3-5-11-20(18)28-22/h2-5,7,9-11,17H,6,8,12-15H2,1H3,(H,23,26)/t17-/m0/s1. The van der Waals surface area contributed by atoms with E-state index in [1.807, 2.05) is 30.3 Å². The molecule has 5 nitrogen and oxygen atoms in total. The molecular formula is C22H25N3O2S. The van der Waals surface area contributed by atoms with Gasteiger partial charge in [0.25, 0.3) is 0 Å². The minimum Gasteiger partial charge on any atom is -0.496 e. The van der Waals surface area contributed by atoms with Gasteiger partial charge in [0, 0.05) is 24.6 Å². The summed E-state index contributed by atoms with van der Waals surface area (Å²) in [7, 11) is 1.65. The van der Waals surface area contributed by atoms with Crippen LogP contribution in [-0.2, 0) is 11.3 Å². The molecule has 1 atom stereocenters. The lowest BCUT2D eigenvalue weighted by atomic mass is 9.99. The molecule has 0 radical (unpaired) electrons. The zero-order valence-electron chi connectivity index (χ0n) is 16.1. The molecule has 2 heterocycles. The summed E-state index contributed by atoms with van der Waals surface area (Å²) >= 11 is 1.78. The van der Waals surface area contributed by atoms with Crippen LogP contribution in [0.25, 0.3) is 10.2 Å². The fraction of sp³-hybridized carbons (Fsp3) is 0.364. The minimum atomic E-state index is 0.0517. The Balaban J connectivity index is 1.33. The predicted octanol–water partition coefficient (Wildman–Crippen LogP) is 3.80. The Morgan fingerprint density at radius 1 is 1.25 bits per heavy atom. The summed E-state index contributed by atoms with van der Waals surface area (Å²) in [5, 5.41) is 4.22. The molecule has 1 saturated heterocycles. The summed E-state index contributed by atoms with van der Waals surface area (Å²) in [6.07, 6.45) is 2.24. The van der Waals surface area contributed by atoms with Gasteiger partial charge in [-0.25, -0.2) is 4.98 Å². The number of carbonyl (C=O) groups excluding carboxylic acids is 1. The van der Waals surface area contributed by atoms with E-state index in [1.165, 1.54) is 9.71 Å². The van der Waals surface area contributed by atoms with Crippen molar-refractivity contribution in [1.82, 2.24) is 15.2 Å². The van der Waals surface area contributed by atoms with Gasteiger partial charge in [-0.2, -0.15) is 0 Å². The van der Waals surface area contributed by atoms with E-state index in [2.05, 4.69) is 28.4 Å². The van der Waals surface area contributed by atoms with E-state index in [9.17, 15) is 4.79 Å². The number of hydrogen-bond acceptors (Lipinski definition) is 5. The van der Waals surface area contributed by atoms with Crippen LogP contribution in [0.3, 0.4) is 0 Å². The third-order valence-corrected chi connectivity index (χ3v) is 6.40. The highest BCUT2D eigenvalue weighted by molar-refractivity contribution is 7.18. The number of nitrogens with zero attached hydrogens (tertiary/aromatic N) is 2. The highest BCUT2D eigenvalue weighted by atomic mass is 32.1. The predicted molar refractivity (Wildman–Crippen MR) is 113 cm³/mol. The second-order valence-corrected chi connectivity index (χ2v) is 8.24. The number of benzene rings is 2. The highest BCUT2D eigenvalue weighted by Crippen LogP contribution is 2.32. The summed E-state index contributed by atoms with van der Waals surface area (Å²) in [5.41, 5.74) is 2.07.